The lowest BCUT2D eigenvalue weighted by molar-refractivity contribution is -0.116. The number of amides is 1. The summed E-state index contributed by atoms with van der Waals surface area (Å²) in [4.78, 5) is 17.1. The van der Waals surface area contributed by atoms with E-state index >= 15 is 0 Å². The summed E-state index contributed by atoms with van der Waals surface area (Å²) in [5.41, 5.74) is 5.53. The van der Waals surface area contributed by atoms with E-state index in [2.05, 4.69) is 40.2 Å². The fourth-order valence-electron chi connectivity index (χ4n) is 3.47. The molecule has 1 amide bonds. The van der Waals surface area contributed by atoms with E-state index in [1.165, 1.54) is 11.1 Å². The Kier molecular flexibility index (Phi) is 6.04. The van der Waals surface area contributed by atoms with Crippen LogP contribution in [0.2, 0.25) is 0 Å². The van der Waals surface area contributed by atoms with Crippen molar-refractivity contribution in [1.82, 2.24) is 14.9 Å². The number of carbonyl (C=O) groups is 1. The highest BCUT2D eigenvalue weighted by molar-refractivity contribution is 5.91. The van der Waals surface area contributed by atoms with E-state index in [1.54, 1.807) is 6.08 Å². The molecule has 0 atom stereocenters. The van der Waals surface area contributed by atoms with Crippen molar-refractivity contribution in [3.8, 4) is 0 Å². The third kappa shape index (κ3) is 4.84. The first-order chi connectivity index (χ1) is 14.7. The summed E-state index contributed by atoms with van der Waals surface area (Å²) in [6, 6.07) is 26.6. The van der Waals surface area contributed by atoms with Crippen molar-refractivity contribution < 1.29 is 4.79 Å². The molecule has 0 aliphatic carbocycles. The topological polar surface area (TPSA) is 46.9 Å². The first-order valence-electron chi connectivity index (χ1n) is 10.2. The third-order valence-electron chi connectivity index (χ3n) is 5.13. The monoisotopic (exact) mass is 395 g/mol. The van der Waals surface area contributed by atoms with Gasteiger partial charge in [-0.05, 0) is 42.7 Å². The maximum atomic E-state index is 12.3. The number of benzene rings is 3. The zero-order chi connectivity index (χ0) is 20.8. The maximum absolute atomic E-state index is 12.3. The van der Waals surface area contributed by atoms with Gasteiger partial charge in [-0.1, -0.05) is 72.3 Å². The van der Waals surface area contributed by atoms with E-state index in [9.17, 15) is 4.79 Å². The van der Waals surface area contributed by atoms with Crippen molar-refractivity contribution in [2.75, 3.05) is 0 Å². The second-order valence-electron chi connectivity index (χ2n) is 7.37. The molecular formula is C26H25N3O. The van der Waals surface area contributed by atoms with Crippen LogP contribution in [-0.4, -0.2) is 15.5 Å². The summed E-state index contributed by atoms with van der Waals surface area (Å²) in [5.74, 6) is 0.737. The highest BCUT2D eigenvalue weighted by Gasteiger charge is 2.11. The van der Waals surface area contributed by atoms with Crippen LogP contribution in [0.1, 0.15) is 22.5 Å². The van der Waals surface area contributed by atoms with Gasteiger partial charge >= 0.3 is 0 Å². The molecule has 0 saturated heterocycles. The van der Waals surface area contributed by atoms with Crippen molar-refractivity contribution in [3.05, 3.63) is 107 Å². The Labute approximate surface area is 176 Å². The fraction of sp³-hybridized carbons (Fsp3) is 0.154. The Morgan fingerprint density at radius 3 is 2.50 bits per heavy atom. The largest absolute Gasteiger partial charge is 0.345 e. The van der Waals surface area contributed by atoms with Crippen LogP contribution >= 0.6 is 0 Å². The molecule has 0 radical (unpaired) electrons. The minimum absolute atomic E-state index is 0.128. The SMILES string of the molecule is Cc1ccc(/C=C/C(=O)NCc2nc3ccccc3n2CCc2ccccc2)cc1. The van der Waals surface area contributed by atoms with Gasteiger partial charge in [0.2, 0.25) is 5.91 Å². The molecule has 30 heavy (non-hydrogen) atoms. The summed E-state index contributed by atoms with van der Waals surface area (Å²) in [5, 5.41) is 2.97. The zero-order valence-electron chi connectivity index (χ0n) is 17.1. The number of rotatable bonds is 7. The number of aromatic nitrogens is 2. The number of aryl methyl sites for hydroxylation is 3. The summed E-state index contributed by atoms with van der Waals surface area (Å²) in [7, 11) is 0. The molecule has 0 bridgehead atoms. The quantitative estimate of drug-likeness (QED) is 0.452. The standard InChI is InChI=1S/C26H25N3O/c1-20-11-13-22(14-12-20)15-16-26(30)27-19-25-28-23-9-5-6-10-24(23)29(25)18-17-21-7-3-2-4-8-21/h2-16H,17-19H2,1H3,(H,27,30)/b16-15+. The Hall–Kier alpha value is -3.66. The molecule has 0 spiro atoms. The summed E-state index contributed by atoms with van der Waals surface area (Å²) < 4.78 is 2.20. The van der Waals surface area contributed by atoms with Crippen LogP contribution in [0.4, 0.5) is 0 Å². The lowest BCUT2D eigenvalue weighted by atomic mass is 10.1. The number of fused-ring (bicyclic) bond motifs is 1. The van der Waals surface area contributed by atoms with Crippen molar-refractivity contribution in [2.24, 2.45) is 0 Å². The molecule has 4 nitrogen and oxygen atoms in total. The van der Waals surface area contributed by atoms with Crippen LogP contribution in [0, 0.1) is 6.92 Å². The highest BCUT2D eigenvalue weighted by Crippen LogP contribution is 2.17. The van der Waals surface area contributed by atoms with E-state index in [0.717, 1.165) is 35.4 Å². The molecule has 1 heterocycles. The van der Waals surface area contributed by atoms with E-state index in [1.807, 2.05) is 61.5 Å². The number of para-hydroxylation sites is 2. The van der Waals surface area contributed by atoms with Gasteiger partial charge in [0, 0.05) is 12.6 Å². The number of hydrogen-bond donors (Lipinski definition) is 1. The van der Waals surface area contributed by atoms with Crippen LogP contribution in [0.3, 0.4) is 0 Å². The Balaban J connectivity index is 1.46. The van der Waals surface area contributed by atoms with Gasteiger partial charge in [-0.2, -0.15) is 0 Å². The third-order valence-corrected chi connectivity index (χ3v) is 5.13. The predicted octanol–water partition coefficient (Wildman–Crippen LogP) is 4.92. The Morgan fingerprint density at radius 1 is 0.967 bits per heavy atom. The zero-order valence-corrected chi connectivity index (χ0v) is 17.1. The number of nitrogens with zero attached hydrogens (tertiary/aromatic N) is 2. The van der Waals surface area contributed by atoms with Crippen molar-refractivity contribution in [1.29, 1.82) is 0 Å². The Morgan fingerprint density at radius 2 is 1.70 bits per heavy atom. The average Bonchev–Trinajstić information content (AvgIpc) is 3.14. The van der Waals surface area contributed by atoms with E-state index < -0.39 is 0 Å². The van der Waals surface area contributed by atoms with Crippen LogP contribution in [-0.2, 0) is 24.3 Å². The van der Waals surface area contributed by atoms with Crippen molar-refractivity contribution >= 4 is 23.0 Å². The van der Waals surface area contributed by atoms with Gasteiger partial charge in [-0.15, -0.1) is 0 Å². The molecule has 1 aromatic heterocycles. The van der Waals surface area contributed by atoms with E-state index in [0.29, 0.717) is 6.54 Å². The predicted molar refractivity (Wildman–Crippen MR) is 122 cm³/mol. The molecule has 1 N–H and O–H groups in total. The molecular weight excluding hydrogens is 370 g/mol. The second kappa shape index (κ2) is 9.23. The molecule has 0 aliphatic rings. The van der Waals surface area contributed by atoms with Crippen LogP contribution in [0.15, 0.2) is 84.9 Å². The average molecular weight is 396 g/mol. The summed E-state index contributed by atoms with van der Waals surface area (Å²) in [6.07, 6.45) is 4.31. The number of carbonyl (C=O) groups excluding carboxylic acids is 1. The first-order valence-corrected chi connectivity index (χ1v) is 10.2. The molecule has 3 aromatic carbocycles. The van der Waals surface area contributed by atoms with Crippen molar-refractivity contribution in [2.45, 2.75) is 26.4 Å². The summed E-state index contributed by atoms with van der Waals surface area (Å²) in [6.45, 7) is 3.25. The minimum atomic E-state index is -0.128. The number of hydrogen-bond acceptors (Lipinski definition) is 2. The molecule has 150 valence electrons. The second-order valence-corrected chi connectivity index (χ2v) is 7.37. The Bertz CT molecular complexity index is 1160. The van der Waals surface area contributed by atoms with E-state index in [-0.39, 0.29) is 5.91 Å². The van der Waals surface area contributed by atoms with Gasteiger partial charge in [0.1, 0.15) is 5.82 Å². The van der Waals surface area contributed by atoms with Gasteiger partial charge in [0.15, 0.2) is 0 Å². The molecule has 0 fully saturated rings. The number of nitrogens with one attached hydrogen (secondary N) is 1. The van der Waals surface area contributed by atoms with E-state index in [4.69, 9.17) is 4.98 Å². The molecule has 0 saturated carbocycles. The molecule has 0 unspecified atom stereocenters. The maximum Gasteiger partial charge on any atom is 0.244 e. The van der Waals surface area contributed by atoms with Gasteiger partial charge in [-0.3, -0.25) is 4.79 Å². The highest BCUT2D eigenvalue weighted by atomic mass is 16.1. The lowest BCUT2D eigenvalue weighted by Gasteiger charge is -2.10. The molecule has 4 aromatic rings. The smallest absolute Gasteiger partial charge is 0.244 e. The summed E-state index contributed by atoms with van der Waals surface area (Å²) >= 11 is 0. The number of imidazole rings is 1. The molecule has 4 heteroatoms. The molecule has 0 aliphatic heterocycles. The van der Waals surface area contributed by atoms with Gasteiger partial charge in [0.25, 0.3) is 0 Å². The van der Waals surface area contributed by atoms with Gasteiger partial charge in [-0.25, -0.2) is 4.98 Å². The van der Waals surface area contributed by atoms with Crippen LogP contribution < -0.4 is 5.32 Å². The lowest BCUT2D eigenvalue weighted by Crippen LogP contribution is -2.23. The van der Waals surface area contributed by atoms with Crippen LogP contribution in [0.25, 0.3) is 17.1 Å². The molecule has 4 rings (SSSR count). The first kappa shape index (κ1) is 19.6. The van der Waals surface area contributed by atoms with Gasteiger partial charge < -0.3 is 9.88 Å². The van der Waals surface area contributed by atoms with Gasteiger partial charge in [0.05, 0.1) is 17.6 Å². The minimum Gasteiger partial charge on any atom is -0.345 e. The van der Waals surface area contributed by atoms with Crippen LogP contribution in [0.5, 0.6) is 0 Å². The normalized spacial score (nSPS) is 11.2. The fourth-order valence-corrected chi connectivity index (χ4v) is 3.47. The van der Waals surface area contributed by atoms with Crippen molar-refractivity contribution in [3.63, 3.8) is 0 Å².